The van der Waals surface area contributed by atoms with Gasteiger partial charge in [-0.25, -0.2) is 0 Å². The van der Waals surface area contributed by atoms with Crippen LogP contribution in [0.3, 0.4) is 0 Å². The lowest BCUT2D eigenvalue weighted by atomic mass is 10.0. The van der Waals surface area contributed by atoms with Gasteiger partial charge in [-0.05, 0) is 44.3 Å². The molecule has 4 heteroatoms. The molecule has 0 saturated carbocycles. The van der Waals surface area contributed by atoms with Gasteiger partial charge in [-0.3, -0.25) is 9.59 Å². The van der Waals surface area contributed by atoms with E-state index in [1.165, 1.54) is 19.3 Å². The third kappa shape index (κ3) is 12.4. The number of carbonyl (C=O) groups is 2. The second-order valence-corrected chi connectivity index (χ2v) is 7.37. The molecule has 0 aliphatic carbocycles. The van der Waals surface area contributed by atoms with Crippen molar-refractivity contribution in [2.75, 3.05) is 0 Å². The van der Waals surface area contributed by atoms with Crippen LogP contribution < -0.4 is 0 Å². The van der Waals surface area contributed by atoms with Gasteiger partial charge in [-0.1, -0.05) is 63.8 Å². The molecule has 0 aromatic rings. The SMILES string of the molecule is CCCCC/C=C\C/C=C\CC(=O)/C=C/C1OC1CCCCC(C)C(=O)O. The van der Waals surface area contributed by atoms with Crippen molar-refractivity contribution < 1.29 is 19.4 Å². The van der Waals surface area contributed by atoms with Crippen molar-refractivity contribution in [3.63, 3.8) is 0 Å². The van der Waals surface area contributed by atoms with Crippen LogP contribution in [0.2, 0.25) is 0 Å². The average molecular weight is 377 g/mol. The van der Waals surface area contributed by atoms with Crippen molar-refractivity contribution in [2.24, 2.45) is 5.92 Å². The lowest BCUT2D eigenvalue weighted by Gasteiger charge is -2.04. The summed E-state index contributed by atoms with van der Waals surface area (Å²) in [7, 11) is 0. The number of epoxide rings is 1. The number of ketones is 1. The van der Waals surface area contributed by atoms with Gasteiger partial charge in [0, 0.05) is 6.42 Å². The summed E-state index contributed by atoms with van der Waals surface area (Å²) in [6.07, 6.45) is 21.9. The van der Waals surface area contributed by atoms with E-state index in [1.807, 2.05) is 18.2 Å². The van der Waals surface area contributed by atoms with Crippen LogP contribution in [-0.4, -0.2) is 29.1 Å². The van der Waals surface area contributed by atoms with Gasteiger partial charge in [-0.15, -0.1) is 0 Å². The van der Waals surface area contributed by atoms with Gasteiger partial charge in [-0.2, -0.15) is 0 Å². The molecule has 0 aromatic carbocycles. The Morgan fingerprint density at radius 3 is 2.59 bits per heavy atom. The molecule has 1 heterocycles. The summed E-state index contributed by atoms with van der Waals surface area (Å²) in [5.41, 5.74) is 0. The third-order valence-corrected chi connectivity index (χ3v) is 4.79. The standard InChI is InChI=1S/C23H36O4/c1-3-4-5-6-7-8-9-10-11-15-20(24)17-18-22-21(27-22)16-13-12-14-19(2)23(25)26/h7-8,10-11,17-19,21-22H,3-6,9,12-16H2,1-2H3,(H,25,26)/b8-7-,11-10-,18-17+. The molecule has 3 unspecified atom stereocenters. The molecule has 3 atom stereocenters. The minimum Gasteiger partial charge on any atom is -0.481 e. The maximum Gasteiger partial charge on any atom is 0.306 e. The number of ether oxygens (including phenoxy) is 1. The van der Waals surface area contributed by atoms with Gasteiger partial charge in [0.15, 0.2) is 5.78 Å². The molecule has 1 fully saturated rings. The molecular weight excluding hydrogens is 340 g/mol. The van der Waals surface area contributed by atoms with Crippen molar-refractivity contribution in [1.82, 2.24) is 0 Å². The zero-order chi connectivity index (χ0) is 19.9. The summed E-state index contributed by atoms with van der Waals surface area (Å²) < 4.78 is 5.54. The molecule has 1 rings (SSSR count). The molecule has 0 radical (unpaired) electrons. The lowest BCUT2D eigenvalue weighted by molar-refractivity contribution is -0.141. The van der Waals surface area contributed by atoms with Crippen molar-refractivity contribution in [3.8, 4) is 0 Å². The first-order chi connectivity index (χ1) is 13.0. The lowest BCUT2D eigenvalue weighted by Crippen LogP contribution is -2.09. The molecule has 0 spiro atoms. The van der Waals surface area contributed by atoms with Gasteiger partial charge >= 0.3 is 5.97 Å². The monoisotopic (exact) mass is 376 g/mol. The number of carboxylic acid groups (broad SMARTS) is 1. The minimum absolute atomic E-state index is 0.0564. The topological polar surface area (TPSA) is 66.9 Å². The molecule has 1 N–H and O–H groups in total. The van der Waals surface area contributed by atoms with Crippen molar-refractivity contribution >= 4 is 11.8 Å². The van der Waals surface area contributed by atoms with E-state index in [9.17, 15) is 9.59 Å². The summed E-state index contributed by atoms with van der Waals surface area (Å²) >= 11 is 0. The predicted octanol–water partition coefficient (Wildman–Crippen LogP) is 5.63. The van der Waals surface area contributed by atoms with Gasteiger partial charge in [0.1, 0.15) is 6.10 Å². The fourth-order valence-corrected chi connectivity index (χ4v) is 2.85. The highest BCUT2D eigenvalue weighted by molar-refractivity contribution is 5.90. The quantitative estimate of drug-likeness (QED) is 0.164. The first kappa shape index (κ1) is 23.4. The number of carbonyl (C=O) groups excluding carboxylic acids is 1. The van der Waals surface area contributed by atoms with Crippen LogP contribution in [0.4, 0.5) is 0 Å². The van der Waals surface area contributed by atoms with Crippen LogP contribution in [0.25, 0.3) is 0 Å². The third-order valence-electron chi connectivity index (χ3n) is 4.79. The summed E-state index contributed by atoms with van der Waals surface area (Å²) in [6, 6.07) is 0. The molecule has 4 nitrogen and oxygen atoms in total. The van der Waals surface area contributed by atoms with Crippen LogP contribution in [0, 0.1) is 5.92 Å². The van der Waals surface area contributed by atoms with Gasteiger partial charge in [0.05, 0.1) is 12.0 Å². The zero-order valence-electron chi connectivity index (χ0n) is 16.9. The fraction of sp³-hybridized carbons (Fsp3) is 0.652. The molecule has 152 valence electrons. The normalized spacial score (nSPS) is 20.7. The van der Waals surface area contributed by atoms with E-state index in [4.69, 9.17) is 9.84 Å². The molecule has 1 aliphatic rings. The number of unbranched alkanes of at least 4 members (excludes halogenated alkanes) is 4. The van der Waals surface area contributed by atoms with E-state index in [0.717, 1.165) is 32.1 Å². The Kier molecular flexibility index (Phi) is 12.4. The van der Waals surface area contributed by atoms with E-state index in [-0.39, 0.29) is 23.9 Å². The summed E-state index contributed by atoms with van der Waals surface area (Å²) in [6.45, 7) is 3.95. The Labute approximate surface area is 164 Å². The number of aliphatic carboxylic acids is 1. The summed E-state index contributed by atoms with van der Waals surface area (Å²) in [5, 5.41) is 8.84. The first-order valence-corrected chi connectivity index (χ1v) is 10.4. The van der Waals surface area contributed by atoms with Gasteiger partial charge in [0.25, 0.3) is 0 Å². The maximum absolute atomic E-state index is 11.8. The highest BCUT2D eigenvalue weighted by Gasteiger charge is 2.35. The number of hydrogen-bond acceptors (Lipinski definition) is 3. The Morgan fingerprint density at radius 2 is 1.85 bits per heavy atom. The Balaban J connectivity index is 2.03. The Bertz CT molecular complexity index is 518. The smallest absolute Gasteiger partial charge is 0.306 e. The van der Waals surface area contributed by atoms with E-state index in [1.54, 1.807) is 13.0 Å². The predicted molar refractivity (Wildman–Crippen MR) is 110 cm³/mol. The molecule has 0 aromatic heterocycles. The van der Waals surface area contributed by atoms with Gasteiger partial charge in [0.2, 0.25) is 0 Å². The zero-order valence-corrected chi connectivity index (χ0v) is 16.9. The fourth-order valence-electron chi connectivity index (χ4n) is 2.85. The molecule has 0 amide bonds. The Morgan fingerprint density at radius 1 is 1.07 bits per heavy atom. The van der Waals surface area contributed by atoms with E-state index in [2.05, 4.69) is 19.1 Å². The minimum atomic E-state index is -0.728. The second-order valence-electron chi connectivity index (χ2n) is 7.37. The average Bonchev–Trinajstić information content (AvgIpc) is 3.40. The summed E-state index contributed by atoms with van der Waals surface area (Å²) in [4.78, 5) is 22.6. The van der Waals surface area contributed by atoms with E-state index >= 15 is 0 Å². The van der Waals surface area contributed by atoms with Crippen LogP contribution in [-0.2, 0) is 14.3 Å². The number of allylic oxidation sites excluding steroid dienone is 5. The Hall–Kier alpha value is -1.68. The van der Waals surface area contributed by atoms with Crippen LogP contribution >= 0.6 is 0 Å². The molecule has 0 bridgehead atoms. The van der Waals surface area contributed by atoms with Crippen molar-refractivity contribution in [3.05, 3.63) is 36.5 Å². The van der Waals surface area contributed by atoms with Crippen LogP contribution in [0.15, 0.2) is 36.5 Å². The highest BCUT2D eigenvalue weighted by atomic mass is 16.6. The van der Waals surface area contributed by atoms with Crippen LogP contribution in [0.5, 0.6) is 0 Å². The molecule has 1 saturated heterocycles. The first-order valence-electron chi connectivity index (χ1n) is 10.4. The number of rotatable bonds is 16. The molecule has 1 aliphatic heterocycles. The molecule has 27 heavy (non-hydrogen) atoms. The highest BCUT2D eigenvalue weighted by Crippen LogP contribution is 2.28. The molecular formula is C23H36O4. The summed E-state index contributed by atoms with van der Waals surface area (Å²) in [5.74, 6) is -0.903. The second kappa shape index (κ2) is 14.4. The van der Waals surface area contributed by atoms with E-state index < -0.39 is 5.97 Å². The van der Waals surface area contributed by atoms with Crippen molar-refractivity contribution in [1.29, 1.82) is 0 Å². The largest absolute Gasteiger partial charge is 0.481 e. The van der Waals surface area contributed by atoms with Gasteiger partial charge < -0.3 is 9.84 Å². The number of carboxylic acids is 1. The van der Waals surface area contributed by atoms with Crippen molar-refractivity contribution in [2.45, 2.75) is 90.3 Å². The maximum atomic E-state index is 11.8. The van der Waals surface area contributed by atoms with Crippen LogP contribution in [0.1, 0.15) is 78.1 Å². The number of hydrogen-bond donors (Lipinski definition) is 1. The van der Waals surface area contributed by atoms with E-state index in [0.29, 0.717) is 12.8 Å².